The smallest absolute Gasteiger partial charge is 0.337 e. The number of aliphatic hydroxyl groups excluding tert-OH is 2. The molecule has 2 heterocycles. The van der Waals surface area contributed by atoms with E-state index in [1.807, 2.05) is 19.9 Å². The maximum atomic E-state index is 12.4. The number of rotatable bonds is 3. The van der Waals surface area contributed by atoms with Crippen molar-refractivity contribution in [2.75, 3.05) is 0 Å². The predicted molar refractivity (Wildman–Crippen MR) is 95.3 cm³/mol. The van der Waals surface area contributed by atoms with Crippen LogP contribution in [0.5, 0.6) is 0 Å². The zero-order valence-corrected chi connectivity index (χ0v) is 16.2. The standard InChI is InChI=1S/C20H28O7/c1-10(2)9-13(21)25-15-14(22)11(3)7-6-8-19(5)17-20(15,27-18(19)24)12(4)16(23)26-17/h7,10,14-15,17-18,22,24H,4,6,8-9H2,1-3,5H3. The minimum Gasteiger partial charge on any atom is -0.456 e. The van der Waals surface area contributed by atoms with Crippen molar-refractivity contribution in [3.8, 4) is 0 Å². The molecule has 3 aliphatic rings. The van der Waals surface area contributed by atoms with Crippen LogP contribution in [0.3, 0.4) is 0 Å². The quantitative estimate of drug-likeness (QED) is 0.436. The van der Waals surface area contributed by atoms with E-state index >= 15 is 0 Å². The van der Waals surface area contributed by atoms with Crippen molar-refractivity contribution >= 4 is 11.9 Å². The second kappa shape index (κ2) is 6.72. The Morgan fingerprint density at radius 2 is 2.11 bits per heavy atom. The number of esters is 2. The summed E-state index contributed by atoms with van der Waals surface area (Å²) in [6, 6.07) is 0. The first-order chi connectivity index (χ1) is 12.5. The van der Waals surface area contributed by atoms with E-state index < -0.39 is 47.6 Å². The topological polar surface area (TPSA) is 102 Å². The Morgan fingerprint density at radius 3 is 2.74 bits per heavy atom. The van der Waals surface area contributed by atoms with Crippen LogP contribution >= 0.6 is 0 Å². The number of hydrogen-bond donors (Lipinski definition) is 2. The first-order valence-corrected chi connectivity index (χ1v) is 9.34. The maximum Gasteiger partial charge on any atom is 0.337 e. The molecule has 1 aliphatic carbocycles. The van der Waals surface area contributed by atoms with Gasteiger partial charge >= 0.3 is 11.9 Å². The van der Waals surface area contributed by atoms with Gasteiger partial charge in [0, 0.05) is 6.42 Å². The Morgan fingerprint density at radius 1 is 1.44 bits per heavy atom. The van der Waals surface area contributed by atoms with Crippen molar-refractivity contribution in [1.29, 1.82) is 0 Å². The van der Waals surface area contributed by atoms with Crippen LogP contribution < -0.4 is 0 Å². The second-order valence-corrected chi connectivity index (χ2v) is 8.47. The fraction of sp³-hybridized carbons (Fsp3) is 0.700. The van der Waals surface area contributed by atoms with Gasteiger partial charge < -0.3 is 24.4 Å². The summed E-state index contributed by atoms with van der Waals surface area (Å²) in [6.07, 6.45) is -1.62. The van der Waals surface area contributed by atoms with Crippen LogP contribution in [0.15, 0.2) is 23.8 Å². The lowest BCUT2D eigenvalue weighted by molar-refractivity contribution is -0.206. The van der Waals surface area contributed by atoms with Crippen molar-refractivity contribution in [3.05, 3.63) is 23.8 Å². The molecule has 0 radical (unpaired) electrons. The van der Waals surface area contributed by atoms with Crippen LogP contribution in [0.2, 0.25) is 0 Å². The van der Waals surface area contributed by atoms with E-state index in [0.717, 1.165) is 0 Å². The highest BCUT2D eigenvalue weighted by molar-refractivity contribution is 5.94. The molecule has 7 nitrogen and oxygen atoms in total. The Kier molecular flexibility index (Phi) is 4.99. The number of ether oxygens (including phenoxy) is 3. The van der Waals surface area contributed by atoms with Crippen LogP contribution in [-0.2, 0) is 23.8 Å². The van der Waals surface area contributed by atoms with Crippen LogP contribution in [0.1, 0.15) is 47.0 Å². The first kappa shape index (κ1) is 20.0. The number of allylic oxidation sites excluding steroid dienone is 1. The van der Waals surface area contributed by atoms with Crippen LogP contribution in [0.4, 0.5) is 0 Å². The van der Waals surface area contributed by atoms with Gasteiger partial charge in [0.25, 0.3) is 0 Å². The minimum absolute atomic E-state index is 0.0497. The summed E-state index contributed by atoms with van der Waals surface area (Å²) in [5.41, 5.74) is -1.99. The molecule has 0 aromatic rings. The number of carbonyl (C=O) groups is 2. The first-order valence-electron chi connectivity index (χ1n) is 9.34. The molecule has 6 atom stereocenters. The molecule has 2 fully saturated rings. The average molecular weight is 380 g/mol. The Labute approximate surface area is 159 Å². The third-order valence-electron chi connectivity index (χ3n) is 5.96. The van der Waals surface area contributed by atoms with E-state index in [0.29, 0.717) is 18.4 Å². The van der Waals surface area contributed by atoms with E-state index in [9.17, 15) is 19.8 Å². The van der Waals surface area contributed by atoms with E-state index in [1.54, 1.807) is 13.8 Å². The summed E-state index contributed by atoms with van der Waals surface area (Å²) in [6.45, 7) is 11.1. The summed E-state index contributed by atoms with van der Waals surface area (Å²) >= 11 is 0. The lowest BCUT2D eigenvalue weighted by atomic mass is 9.72. The summed E-state index contributed by atoms with van der Waals surface area (Å²) in [7, 11) is 0. The predicted octanol–water partition coefficient (Wildman–Crippen LogP) is 1.62. The second-order valence-electron chi connectivity index (χ2n) is 8.47. The van der Waals surface area contributed by atoms with Crippen molar-refractivity contribution in [3.63, 3.8) is 0 Å². The van der Waals surface area contributed by atoms with Gasteiger partial charge in [0.15, 0.2) is 18.0 Å². The number of carbonyl (C=O) groups excluding carboxylic acids is 2. The molecule has 7 heteroatoms. The summed E-state index contributed by atoms with van der Waals surface area (Å²) in [4.78, 5) is 24.8. The molecule has 2 aliphatic heterocycles. The van der Waals surface area contributed by atoms with Gasteiger partial charge in [0.2, 0.25) is 0 Å². The third-order valence-corrected chi connectivity index (χ3v) is 5.96. The van der Waals surface area contributed by atoms with Crippen LogP contribution in [0.25, 0.3) is 0 Å². The fourth-order valence-electron chi connectivity index (χ4n) is 4.31. The summed E-state index contributed by atoms with van der Waals surface area (Å²) < 4.78 is 17.1. The highest BCUT2D eigenvalue weighted by atomic mass is 16.7. The molecular formula is C20H28O7. The van der Waals surface area contributed by atoms with E-state index in [2.05, 4.69) is 6.58 Å². The minimum atomic E-state index is -1.63. The van der Waals surface area contributed by atoms with Gasteiger partial charge in [0.05, 0.1) is 11.0 Å². The molecule has 150 valence electrons. The lowest BCUT2D eigenvalue weighted by Crippen LogP contribution is -2.57. The number of aliphatic hydroxyl groups is 2. The normalized spacial score (nSPS) is 41.4. The van der Waals surface area contributed by atoms with Gasteiger partial charge in [-0.1, -0.05) is 33.4 Å². The Bertz CT molecular complexity index is 696. The third kappa shape index (κ3) is 2.92. The van der Waals surface area contributed by atoms with Crippen molar-refractivity contribution < 1.29 is 34.0 Å². The Hall–Kier alpha value is -1.70. The summed E-state index contributed by atoms with van der Waals surface area (Å²) in [5.74, 6) is -1.13. The highest BCUT2D eigenvalue weighted by Gasteiger charge is 2.74. The fourth-order valence-corrected chi connectivity index (χ4v) is 4.31. The van der Waals surface area contributed by atoms with E-state index in [4.69, 9.17) is 14.2 Å². The molecule has 3 rings (SSSR count). The maximum absolute atomic E-state index is 12.4. The van der Waals surface area contributed by atoms with Crippen molar-refractivity contribution in [2.45, 2.75) is 77.2 Å². The molecular weight excluding hydrogens is 352 g/mol. The lowest BCUT2D eigenvalue weighted by Gasteiger charge is -2.38. The molecule has 0 aromatic heterocycles. The number of hydrogen-bond acceptors (Lipinski definition) is 7. The zero-order chi connectivity index (χ0) is 20.1. The van der Waals surface area contributed by atoms with Gasteiger partial charge in [0.1, 0.15) is 12.2 Å². The van der Waals surface area contributed by atoms with Gasteiger partial charge in [-0.25, -0.2) is 4.79 Å². The molecule has 0 spiro atoms. The van der Waals surface area contributed by atoms with Gasteiger partial charge in [-0.2, -0.15) is 0 Å². The molecule has 2 bridgehead atoms. The zero-order valence-electron chi connectivity index (χ0n) is 16.2. The van der Waals surface area contributed by atoms with E-state index in [-0.39, 0.29) is 17.9 Å². The Balaban J connectivity index is 2.12. The SMILES string of the molecule is C=C1C(=O)OC2C3(C)CCC=C(C)C(O)C(OC(=O)CC(C)C)C12OC3O. The molecule has 0 saturated carbocycles. The van der Waals surface area contributed by atoms with Gasteiger partial charge in [-0.15, -0.1) is 0 Å². The summed E-state index contributed by atoms with van der Waals surface area (Å²) in [5, 5.41) is 21.6. The molecule has 6 unspecified atom stereocenters. The molecule has 27 heavy (non-hydrogen) atoms. The van der Waals surface area contributed by atoms with Crippen LogP contribution in [-0.4, -0.2) is 52.4 Å². The largest absolute Gasteiger partial charge is 0.456 e. The van der Waals surface area contributed by atoms with Gasteiger partial charge in [-0.05, 0) is 31.3 Å². The van der Waals surface area contributed by atoms with Crippen molar-refractivity contribution in [2.24, 2.45) is 11.3 Å². The molecule has 0 amide bonds. The van der Waals surface area contributed by atoms with Crippen LogP contribution in [0, 0.1) is 11.3 Å². The average Bonchev–Trinajstić information content (AvgIpc) is 2.95. The molecule has 0 aromatic carbocycles. The molecule has 2 N–H and O–H groups in total. The van der Waals surface area contributed by atoms with Gasteiger partial charge in [-0.3, -0.25) is 4.79 Å². The van der Waals surface area contributed by atoms with E-state index in [1.165, 1.54) is 0 Å². The monoisotopic (exact) mass is 380 g/mol. The van der Waals surface area contributed by atoms with Crippen molar-refractivity contribution in [1.82, 2.24) is 0 Å². The highest BCUT2D eigenvalue weighted by Crippen LogP contribution is 2.57. The molecule has 2 saturated heterocycles.